The molecule has 0 aliphatic carbocycles. The molecule has 1 aromatic heterocycles. The van der Waals surface area contributed by atoms with Gasteiger partial charge in [0.15, 0.2) is 0 Å². The maximum absolute atomic E-state index is 4.41. The van der Waals surface area contributed by atoms with Crippen LogP contribution >= 0.6 is 0 Å². The zero-order valence-corrected chi connectivity index (χ0v) is 8.83. The molecule has 0 fully saturated rings. The first-order chi connectivity index (χ1) is 6.16. The number of hydrogen-bond acceptors (Lipinski definition) is 1. The molecule has 1 heterocycles. The van der Waals surface area contributed by atoms with Gasteiger partial charge in [-0.2, -0.15) is 0 Å². The van der Waals surface area contributed by atoms with Gasteiger partial charge in [-0.25, -0.2) is 0 Å². The molecule has 1 heteroatoms. The van der Waals surface area contributed by atoms with Gasteiger partial charge in [-0.3, -0.25) is 4.98 Å². The number of hydrogen-bond donors (Lipinski definition) is 0. The molecule has 0 bridgehead atoms. The summed E-state index contributed by atoms with van der Waals surface area (Å²) in [5.41, 5.74) is 3.77. The largest absolute Gasteiger partial charge is 0.260 e. The maximum Gasteiger partial charge on any atom is 0.0503 e. The highest BCUT2D eigenvalue weighted by Crippen LogP contribution is 2.20. The van der Waals surface area contributed by atoms with E-state index in [2.05, 4.69) is 44.0 Å². The molecule has 1 rings (SSSR count). The van der Waals surface area contributed by atoms with Gasteiger partial charge in [0.05, 0.1) is 5.69 Å². The minimum Gasteiger partial charge on any atom is -0.260 e. The molecule has 0 saturated heterocycles. The summed E-state index contributed by atoms with van der Waals surface area (Å²) in [4.78, 5) is 4.41. The van der Waals surface area contributed by atoms with Crippen LogP contribution in [0.5, 0.6) is 0 Å². The van der Waals surface area contributed by atoms with Crippen LogP contribution in [-0.2, 0) is 0 Å². The number of rotatable bonds is 2. The van der Waals surface area contributed by atoms with Crippen molar-refractivity contribution in [3.8, 4) is 0 Å². The first-order valence-corrected chi connectivity index (χ1v) is 4.75. The fourth-order valence-electron chi connectivity index (χ4n) is 1.43. The van der Waals surface area contributed by atoms with Crippen molar-refractivity contribution in [2.24, 2.45) is 0 Å². The van der Waals surface area contributed by atoms with Crippen LogP contribution in [0.4, 0.5) is 0 Å². The Morgan fingerprint density at radius 3 is 2.62 bits per heavy atom. The molecular weight excluding hydrogens is 158 g/mol. The van der Waals surface area contributed by atoms with Gasteiger partial charge in [-0.15, -0.1) is 0 Å². The number of aromatic nitrogens is 1. The number of allylic oxidation sites excluding steroid dienone is 1. The summed E-state index contributed by atoms with van der Waals surface area (Å²) in [7, 11) is 0. The first kappa shape index (κ1) is 9.97. The second-order valence-corrected chi connectivity index (χ2v) is 3.58. The lowest BCUT2D eigenvalue weighted by atomic mass is 10.00. The molecule has 70 valence electrons. The molecule has 0 amide bonds. The average molecular weight is 175 g/mol. The number of nitrogens with zero attached hydrogens (tertiary/aromatic N) is 1. The van der Waals surface area contributed by atoms with E-state index in [-0.39, 0.29) is 0 Å². The smallest absolute Gasteiger partial charge is 0.0503 e. The standard InChI is InChI=1S/C12H17N/c1-5-6-11-10(4)7-8-13-12(11)9(2)3/h5-9H,1-4H3/b6-5-. The summed E-state index contributed by atoms with van der Waals surface area (Å²) in [6.07, 6.45) is 6.09. The third-order valence-electron chi connectivity index (χ3n) is 2.12. The Morgan fingerprint density at radius 1 is 1.38 bits per heavy atom. The lowest BCUT2D eigenvalue weighted by Crippen LogP contribution is -1.98. The summed E-state index contributed by atoms with van der Waals surface area (Å²) in [6.45, 7) is 8.52. The Labute approximate surface area is 80.5 Å². The molecule has 0 aromatic carbocycles. The van der Waals surface area contributed by atoms with Crippen LogP contribution in [0.1, 0.15) is 43.5 Å². The van der Waals surface area contributed by atoms with Gasteiger partial charge in [-0.1, -0.05) is 26.0 Å². The molecule has 0 saturated carbocycles. The van der Waals surface area contributed by atoms with Gasteiger partial charge in [0.2, 0.25) is 0 Å². The summed E-state index contributed by atoms with van der Waals surface area (Å²) in [5, 5.41) is 0. The summed E-state index contributed by atoms with van der Waals surface area (Å²) >= 11 is 0. The van der Waals surface area contributed by atoms with E-state index in [0.717, 1.165) is 0 Å². The summed E-state index contributed by atoms with van der Waals surface area (Å²) in [5.74, 6) is 0.492. The van der Waals surface area contributed by atoms with E-state index in [4.69, 9.17) is 0 Å². The molecule has 0 unspecified atom stereocenters. The molecule has 0 N–H and O–H groups in total. The van der Waals surface area contributed by atoms with E-state index in [0.29, 0.717) is 5.92 Å². The molecule has 0 aliphatic heterocycles. The van der Waals surface area contributed by atoms with E-state index in [1.54, 1.807) is 0 Å². The lowest BCUT2D eigenvalue weighted by molar-refractivity contribution is 0.817. The van der Waals surface area contributed by atoms with Gasteiger partial charge in [-0.05, 0) is 37.0 Å². The minimum atomic E-state index is 0.492. The van der Waals surface area contributed by atoms with Crippen molar-refractivity contribution in [3.05, 3.63) is 35.2 Å². The highest BCUT2D eigenvalue weighted by atomic mass is 14.7. The van der Waals surface area contributed by atoms with Crippen molar-refractivity contribution in [1.82, 2.24) is 4.98 Å². The monoisotopic (exact) mass is 175 g/mol. The van der Waals surface area contributed by atoms with Crippen LogP contribution in [0.2, 0.25) is 0 Å². The Bertz CT molecular complexity index is 311. The van der Waals surface area contributed by atoms with E-state index in [9.17, 15) is 0 Å². The molecular formula is C12H17N. The van der Waals surface area contributed by atoms with Crippen LogP contribution in [-0.4, -0.2) is 4.98 Å². The second-order valence-electron chi connectivity index (χ2n) is 3.58. The van der Waals surface area contributed by atoms with E-state index < -0.39 is 0 Å². The second kappa shape index (κ2) is 4.22. The predicted molar refractivity (Wildman–Crippen MR) is 57.8 cm³/mol. The van der Waals surface area contributed by atoms with Crippen molar-refractivity contribution in [3.63, 3.8) is 0 Å². The topological polar surface area (TPSA) is 12.9 Å². The Morgan fingerprint density at radius 2 is 2.08 bits per heavy atom. The fraction of sp³-hybridized carbons (Fsp3) is 0.417. The highest BCUT2D eigenvalue weighted by Gasteiger charge is 2.06. The molecule has 0 atom stereocenters. The van der Waals surface area contributed by atoms with Gasteiger partial charge in [0.1, 0.15) is 0 Å². The third kappa shape index (κ3) is 2.18. The molecule has 0 radical (unpaired) electrons. The van der Waals surface area contributed by atoms with Crippen LogP contribution in [0.3, 0.4) is 0 Å². The minimum absolute atomic E-state index is 0.492. The van der Waals surface area contributed by atoms with Crippen molar-refractivity contribution in [1.29, 1.82) is 0 Å². The third-order valence-corrected chi connectivity index (χ3v) is 2.12. The van der Waals surface area contributed by atoms with Crippen LogP contribution in [0.15, 0.2) is 18.3 Å². The van der Waals surface area contributed by atoms with E-state index >= 15 is 0 Å². The van der Waals surface area contributed by atoms with E-state index in [1.165, 1.54) is 16.8 Å². The van der Waals surface area contributed by atoms with Crippen LogP contribution < -0.4 is 0 Å². The summed E-state index contributed by atoms with van der Waals surface area (Å²) < 4.78 is 0. The highest BCUT2D eigenvalue weighted by molar-refractivity contribution is 5.56. The quantitative estimate of drug-likeness (QED) is 0.670. The Kier molecular flexibility index (Phi) is 3.24. The molecule has 0 spiro atoms. The molecule has 0 aliphatic rings. The Hall–Kier alpha value is -1.11. The molecule has 13 heavy (non-hydrogen) atoms. The van der Waals surface area contributed by atoms with Crippen molar-refractivity contribution < 1.29 is 0 Å². The van der Waals surface area contributed by atoms with Gasteiger partial charge in [0.25, 0.3) is 0 Å². The Balaban J connectivity index is 3.25. The zero-order valence-electron chi connectivity index (χ0n) is 8.83. The number of aryl methyl sites for hydroxylation is 1. The zero-order chi connectivity index (χ0) is 9.84. The lowest BCUT2D eigenvalue weighted by Gasteiger charge is -2.10. The number of pyridine rings is 1. The normalized spacial score (nSPS) is 11.5. The summed E-state index contributed by atoms with van der Waals surface area (Å²) in [6, 6.07) is 2.06. The molecule has 1 aromatic rings. The van der Waals surface area contributed by atoms with Crippen LogP contribution in [0, 0.1) is 6.92 Å². The maximum atomic E-state index is 4.41. The first-order valence-electron chi connectivity index (χ1n) is 4.75. The van der Waals surface area contributed by atoms with Gasteiger partial charge >= 0.3 is 0 Å². The van der Waals surface area contributed by atoms with Crippen LogP contribution in [0.25, 0.3) is 6.08 Å². The van der Waals surface area contributed by atoms with E-state index in [1.807, 2.05) is 13.1 Å². The SMILES string of the molecule is C/C=C\c1c(C)ccnc1C(C)C. The van der Waals surface area contributed by atoms with Crippen molar-refractivity contribution in [2.75, 3.05) is 0 Å². The van der Waals surface area contributed by atoms with Gasteiger partial charge < -0.3 is 0 Å². The molecule has 1 nitrogen and oxygen atoms in total. The predicted octanol–water partition coefficient (Wildman–Crippen LogP) is 3.55. The van der Waals surface area contributed by atoms with Gasteiger partial charge in [0, 0.05) is 6.20 Å². The fourth-order valence-corrected chi connectivity index (χ4v) is 1.43. The van der Waals surface area contributed by atoms with Crippen molar-refractivity contribution >= 4 is 6.08 Å². The van der Waals surface area contributed by atoms with Crippen molar-refractivity contribution in [2.45, 2.75) is 33.6 Å². The average Bonchev–Trinajstić information content (AvgIpc) is 2.08.